The molecule has 2 N–H and O–H groups in total. The molecular formula is C13H19ClN2. The Balaban J connectivity index is 1.62. The van der Waals surface area contributed by atoms with Crippen LogP contribution in [0.2, 0.25) is 5.02 Å². The Kier molecular flexibility index (Phi) is 4.64. The molecule has 0 aliphatic carbocycles. The summed E-state index contributed by atoms with van der Waals surface area (Å²) in [5.74, 6) is 0. The molecule has 3 heteroatoms. The predicted octanol–water partition coefficient (Wildman–Crippen LogP) is 2.22. The van der Waals surface area contributed by atoms with Gasteiger partial charge < -0.3 is 10.6 Å². The van der Waals surface area contributed by atoms with E-state index in [0.29, 0.717) is 6.04 Å². The van der Waals surface area contributed by atoms with Gasteiger partial charge >= 0.3 is 0 Å². The van der Waals surface area contributed by atoms with Crippen LogP contribution in [0, 0.1) is 0 Å². The van der Waals surface area contributed by atoms with Gasteiger partial charge in [0.25, 0.3) is 0 Å². The van der Waals surface area contributed by atoms with Gasteiger partial charge in [-0.25, -0.2) is 0 Å². The third-order valence-corrected chi connectivity index (χ3v) is 3.31. The number of nitrogens with one attached hydrogen (secondary N) is 2. The largest absolute Gasteiger partial charge is 0.315 e. The van der Waals surface area contributed by atoms with Crippen LogP contribution in [0.3, 0.4) is 0 Å². The monoisotopic (exact) mass is 238 g/mol. The van der Waals surface area contributed by atoms with Crippen LogP contribution in [0.15, 0.2) is 24.3 Å². The highest BCUT2D eigenvalue weighted by atomic mass is 35.5. The zero-order chi connectivity index (χ0) is 11.2. The molecule has 0 amide bonds. The quantitative estimate of drug-likeness (QED) is 0.769. The molecule has 0 spiro atoms. The van der Waals surface area contributed by atoms with Gasteiger partial charge in [0.1, 0.15) is 0 Å². The average molecular weight is 239 g/mol. The molecule has 2 rings (SSSR count). The number of hydrogen-bond acceptors (Lipinski definition) is 2. The first kappa shape index (κ1) is 11.9. The Morgan fingerprint density at radius 1 is 1.31 bits per heavy atom. The maximum absolute atomic E-state index is 5.84. The Bertz CT molecular complexity index is 304. The summed E-state index contributed by atoms with van der Waals surface area (Å²) in [6.07, 6.45) is 3.71. The smallest absolute Gasteiger partial charge is 0.0406 e. The predicted molar refractivity (Wildman–Crippen MR) is 69.1 cm³/mol. The molecule has 0 saturated carbocycles. The normalized spacial score (nSPS) is 20.2. The molecule has 0 aromatic heterocycles. The van der Waals surface area contributed by atoms with E-state index in [1.54, 1.807) is 0 Å². The third kappa shape index (κ3) is 3.78. The summed E-state index contributed by atoms with van der Waals surface area (Å²) in [6.45, 7) is 3.32. The van der Waals surface area contributed by atoms with Crippen LogP contribution in [-0.4, -0.2) is 25.7 Å². The minimum Gasteiger partial charge on any atom is -0.315 e. The van der Waals surface area contributed by atoms with Gasteiger partial charge in [0, 0.05) is 17.6 Å². The molecule has 0 radical (unpaired) electrons. The van der Waals surface area contributed by atoms with Crippen molar-refractivity contribution in [1.29, 1.82) is 0 Å². The number of rotatable bonds is 5. The zero-order valence-corrected chi connectivity index (χ0v) is 10.3. The average Bonchev–Trinajstić information content (AvgIpc) is 2.80. The van der Waals surface area contributed by atoms with Gasteiger partial charge in [0.15, 0.2) is 0 Å². The summed E-state index contributed by atoms with van der Waals surface area (Å²) in [5.41, 5.74) is 1.34. The fraction of sp³-hybridized carbons (Fsp3) is 0.538. The summed E-state index contributed by atoms with van der Waals surface area (Å²) >= 11 is 5.84. The van der Waals surface area contributed by atoms with Gasteiger partial charge in [-0.1, -0.05) is 23.7 Å². The Hall–Kier alpha value is -0.570. The fourth-order valence-electron chi connectivity index (χ4n) is 2.09. The fourth-order valence-corrected chi connectivity index (χ4v) is 2.22. The first-order chi connectivity index (χ1) is 7.84. The molecule has 1 fully saturated rings. The molecule has 0 unspecified atom stereocenters. The number of benzene rings is 1. The summed E-state index contributed by atoms with van der Waals surface area (Å²) in [7, 11) is 0. The first-order valence-corrected chi connectivity index (χ1v) is 6.41. The highest BCUT2D eigenvalue weighted by Gasteiger charge is 2.12. The minimum atomic E-state index is 0.685. The lowest BCUT2D eigenvalue weighted by molar-refractivity contribution is 0.537. The first-order valence-electron chi connectivity index (χ1n) is 6.03. The van der Waals surface area contributed by atoms with E-state index >= 15 is 0 Å². The van der Waals surface area contributed by atoms with E-state index in [1.165, 1.54) is 24.9 Å². The van der Waals surface area contributed by atoms with Crippen LogP contribution in [0.4, 0.5) is 0 Å². The molecule has 16 heavy (non-hydrogen) atoms. The van der Waals surface area contributed by atoms with Crippen molar-refractivity contribution in [2.45, 2.75) is 25.3 Å². The van der Waals surface area contributed by atoms with Gasteiger partial charge in [0.05, 0.1) is 0 Å². The van der Waals surface area contributed by atoms with E-state index in [4.69, 9.17) is 11.6 Å². The molecule has 88 valence electrons. The maximum atomic E-state index is 5.84. The summed E-state index contributed by atoms with van der Waals surface area (Å²) in [6, 6.07) is 8.78. The van der Waals surface area contributed by atoms with Crippen LogP contribution >= 0.6 is 11.6 Å². The Morgan fingerprint density at radius 2 is 2.12 bits per heavy atom. The lowest BCUT2D eigenvalue weighted by Gasteiger charge is -2.11. The van der Waals surface area contributed by atoms with Crippen LogP contribution in [-0.2, 0) is 6.42 Å². The minimum absolute atomic E-state index is 0.685. The van der Waals surface area contributed by atoms with E-state index < -0.39 is 0 Å². The van der Waals surface area contributed by atoms with Crippen molar-refractivity contribution < 1.29 is 0 Å². The highest BCUT2D eigenvalue weighted by Crippen LogP contribution is 2.09. The molecule has 1 saturated heterocycles. The molecule has 2 nitrogen and oxygen atoms in total. The molecule has 0 bridgehead atoms. The van der Waals surface area contributed by atoms with Crippen LogP contribution < -0.4 is 10.6 Å². The van der Waals surface area contributed by atoms with Crippen molar-refractivity contribution >= 4 is 11.6 Å². The van der Waals surface area contributed by atoms with Gasteiger partial charge in [-0.3, -0.25) is 0 Å². The van der Waals surface area contributed by atoms with Crippen molar-refractivity contribution in [3.05, 3.63) is 34.9 Å². The van der Waals surface area contributed by atoms with Gasteiger partial charge in [-0.2, -0.15) is 0 Å². The molecule has 1 heterocycles. The van der Waals surface area contributed by atoms with Crippen LogP contribution in [0.25, 0.3) is 0 Å². The van der Waals surface area contributed by atoms with Crippen LogP contribution in [0.1, 0.15) is 18.4 Å². The zero-order valence-electron chi connectivity index (χ0n) is 9.51. The molecule has 1 aliphatic rings. The Morgan fingerprint density at radius 3 is 2.81 bits per heavy atom. The summed E-state index contributed by atoms with van der Waals surface area (Å²) in [4.78, 5) is 0. The molecule has 1 aliphatic heterocycles. The maximum Gasteiger partial charge on any atom is 0.0406 e. The van der Waals surface area contributed by atoms with E-state index in [9.17, 15) is 0 Å². The standard InChI is InChI=1S/C13H19ClN2/c14-12-5-3-11(4-6-12)7-9-15-10-13-2-1-8-16-13/h3-6,13,15-16H,1-2,7-10H2/t13-/m1/s1. The van der Waals surface area contributed by atoms with Gasteiger partial charge in [-0.15, -0.1) is 0 Å². The van der Waals surface area contributed by atoms with Crippen molar-refractivity contribution in [1.82, 2.24) is 10.6 Å². The second-order valence-corrected chi connectivity index (χ2v) is 4.81. The third-order valence-electron chi connectivity index (χ3n) is 3.06. The van der Waals surface area contributed by atoms with Crippen molar-refractivity contribution in [3.8, 4) is 0 Å². The van der Waals surface area contributed by atoms with Gasteiger partial charge in [0.2, 0.25) is 0 Å². The molecule has 1 aromatic rings. The second-order valence-electron chi connectivity index (χ2n) is 4.37. The van der Waals surface area contributed by atoms with E-state index in [0.717, 1.165) is 24.5 Å². The number of hydrogen-bond donors (Lipinski definition) is 2. The van der Waals surface area contributed by atoms with Crippen molar-refractivity contribution in [2.75, 3.05) is 19.6 Å². The van der Waals surface area contributed by atoms with Crippen molar-refractivity contribution in [2.24, 2.45) is 0 Å². The SMILES string of the molecule is Clc1ccc(CCNC[C@H]2CCCN2)cc1. The summed E-state index contributed by atoms with van der Waals surface area (Å²) in [5, 5.41) is 7.79. The lowest BCUT2D eigenvalue weighted by Crippen LogP contribution is -2.34. The highest BCUT2D eigenvalue weighted by molar-refractivity contribution is 6.30. The van der Waals surface area contributed by atoms with Crippen molar-refractivity contribution in [3.63, 3.8) is 0 Å². The number of halogens is 1. The Labute approximate surface area is 102 Å². The molecule has 1 aromatic carbocycles. The van der Waals surface area contributed by atoms with E-state index in [2.05, 4.69) is 22.8 Å². The van der Waals surface area contributed by atoms with Gasteiger partial charge in [-0.05, 0) is 50.0 Å². The topological polar surface area (TPSA) is 24.1 Å². The van der Waals surface area contributed by atoms with E-state index in [-0.39, 0.29) is 0 Å². The molecule has 1 atom stereocenters. The molecular weight excluding hydrogens is 220 g/mol. The second kappa shape index (κ2) is 6.24. The van der Waals surface area contributed by atoms with Crippen LogP contribution in [0.5, 0.6) is 0 Å². The van der Waals surface area contributed by atoms with E-state index in [1.807, 2.05) is 12.1 Å². The summed E-state index contributed by atoms with van der Waals surface area (Å²) < 4.78 is 0. The lowest BCUT2D eigenvalue weighted by atomic mass is 10.1.